The summed E-state index contributed by atoms with van der Waals surface area (Å²) >= 11 is 0. The molecule has 0 bridgehead atoms. The van der Waals surface area contributed by atoms with E-state index in [1.165, 1.54) is 0 Å². The van der Waals surface area contributed by atoms with Crippen LogP contribution in [0.3, 0.4) is 0 Å². The van der Waals surface area contributed by atoms with Gasteiger partial charge in [-0.05, 0) is 39.0 Å². The zero-order chi connectivity index (χ0) is 12.8. The highest BCUT2D eigenvalue weighted by atomic mass is 16.4. The van der Waals surface area contributed by atoms with Crippen LogP contribution in [0.25, 0.3) is 0 Å². The molecule has 0 aromatic heterocycles. The fourth-order valence-corrected chi connectivity index (χ4v) is 3.54. The number of piperidine rings is 1. The van der Waals surface area contributed by atoms with E-state index in [0.29, 0.717) is 6.42 Å². The van der Waals surface area contributed by atoms with Gasteiger partial charge in [-0.3, -0.25) is 9.59 Å². The Hall–Kier alpha value is -1.06. The first-order valence-corrected chi connectivity index (χ1v) is 6.42. The van der Waals surface area contributed by atoms with E-state index in [9.17, 15) is 14.7 Å². The average Bonchev–Trinajstić information content (AvgIpc) is 2.13. The molecule has 96 valence electrons. The minimum absolute atomic E-state index is 0.0603. The summed E-state index contributed by atoms with van der Waals surface area (Å²) in [6, 6.07) is -0.186. The van der Waals surface area contributed by atoms with E-state index in [-0.39, 0.29) is 23.4 Å². The number of amides is 1. The monoisotopic (exact) mass is 239 g/mol. The summed E-state index contributed by atoms with van der Waals surface area (Å²) in [4.78, 5) is 25.3. The zero-order valence-corrected chi connectivity index (χ0v) is 10.8. The Morgan fingerprint density at radius 3 is 2.41 bits per heavy atom. The van der Waals surface area contributed by atoms with Crippen LogP contribution in [0.1, 0.15) is 46.5 Å². The lowest BCUT2D eigenvalue weighted by Crippen LogP contribution is -2.63. The molecule has 17 heavy (non-hydrogen) atoms. The number of carbonyl (C=O) groups is 2. The molecule has 1 heterocycles. The summed E-state index contributed by atoms with van der Waals surface area (Å²) in [5, 5.41) is 9.30. The summed E-state index contributed by atoms with van der Waals surface area (Å²) in [5.74, 6) is -1.13. The summed E-state index contributed by atoms with van der Waals surface area (Å²) in [5.41, 5.74) is -0.0929. The van der Waals surface area contributed by atoms with Crippen molar-refractivity contribution in [3.8, 4) is 0 Å². The van der Waals surface area contributed by atoms with Gasteiger partial charge in [0.1, 0.15) is 0 Å². The van der Waals surface area contributed by atoms with E-state index in [4.69, 9.17) is 0 Å². The molecule has 2 aliphatic rings. The lowest BCUT2D eigenvalue weighted by atomic mass is 9.71. The van der Waals surface area contributed by atoms with Crippen LogP contribution in [0.4, 0.5) is 0 Å². The number of rotatable bonds is 2. The fraction of sp³-hybridized carbons (Fsp3) is 0.846. The first-order chi connectivity index (χ1) is 7.87. The maximum absolute atomic E-state index is 12.2. The normalized spacial score (nSPS) is 36.5. The molecule has 0 aromatic carbocycles. The van der Waals surface area contributed by atoms with Crippen LogP contribution < -0.4 is 0 Å². The minimum atomic E-state index is -0.773. The van der Waals surface area contributed by atoms with Crippen molar-refractivity contribution in [3.05, 3.63) is 0 Å². The van der Waals surface area contributed by atoms with E-state index in [1.54, 1.807) is 0 Å². The SMILES string of the molecule is CC1CC(=O)N(C2(C)CCC2)C(C)C1C(=O)O. The number of aliphatic carboxylic acids is 1. The van der Waals surface area contributed by atoms with Crippen LogP contribution in [0.2, 0.25) is 0 Å². The van der Waals surface area contributed by atoms with Crippen molar-refractivity contribution in [2.45, 2.75) is 58.0 Å². The highest BCUT2D eigenvalue weighted by Gasteiger charge is 2.50. The molecule has 1 saturated carbocycles. The lowest BCUT2D eigenvalue weighted by molar-refractivity contribution is -0.164. The lowest BCUT2D eigenvalue weighted by Gasteiger charge is -2.54. The van der Waals surface area contributed by atoms with Crippen molar-refractivity contribution < 1.29 is 14.7 Å². The first-order valence-electron chi connectivity index (χ1n) is 6.42. The van der Waals surface area contributed by atoms with Gasteiger partial charge in [0.25, 0.3) is 0 Å². The van der Waals surface area contributed by atoms with Crippen molar-refractivity contribution >= 4 is 11.9 Å². The van der Waals surface area contributed by atoms with Crippen LogP contribution in [-0.2, 0) is 9.59 Å². The molecule has 1 N–H and O–H groups in total. The van der Waals surface area contributed by atoms with Crippen molar-refractivity contribution in [2.24, 2.45) is 11.8 Å². The molecule has 1 aliphatic heterocycles. The maximum atomic E-state index is 12.2. The molecular formula is C13H21NO3. The molecule has 1 amide bonds. The smallest absolute Gasteiger partial charge is 0.308 e. The second-order valence-electron chi connectivity index (χ2n) is 5.90. The molecule has 3 unspecified atom stereocenters. The van der Waals surface area contributed by atoms with Gasteiger partial charge in [0.15, 0.2) is 0 Å². The molecule has 4 nitrogen and oxygen atoms in total. The highest BCUT2D eigenvalue weighted by Crippen LogP contribution is 2.43. The molecule has 0 spiro atoms. The Kier molecular flexibility index (Phi) is 2.92. The van der Waals surface area contributed by atoms with E-state index in [1.807, 2.05) is 18.7 Å². The molecule has 1 aliphatic carbocycles. The predicted octanol–water partition coefficient (Wildman–Crippen LogP) is 1.89. The fourth-order valence-electron chi connectivity index (χ4n) is 3.54. The van der Waals surface area contributed by atoms with E-state index in [0.717, 1.165) is 19.3 Å². The second kappa shape index (κ2) is 4.00. The Balaban J connectivity index is 2.26. The van der Waals surface area contributed by atoms with Crippen LogP contribution in [0.15, 0.2) is 0 Å². The third kappa shape index (κ3) is 1.83. The van der Waals surface area contributed by atoms with Crippen molar-refractivity contribution in [2.75, 3.05) is 0 Å². The van der Waals surface area contributed by atoms with Gasteiger partial charge in [0.2, 0.25) is 5.91 Å². The number of hydrogen-bond donors (Lipinski definition) is 1. The van der Waals surface area contributed by atoms with E-state index < -0.39 is 11.9 Å². The van der Waals surface area contributed by atoms with E-state index >= 15 is 0 Å². The Bertz CT molecular complexity index is 349. The standard InChI is InChI=1S/C13H21NO3/c1-8-7-10(15)14(13(3)5-4-6-13)9(2)11(8)12(16)17/h8-9,11H,4-7H2,1-3H3,(H,16,17). The summed E-state index contributed by atoms with van der Waals surface area (Å²) in [7, 11) is 0. The Morgan fingerprint density at radius 1 is 1.41 bits per heavy atom. The number of carbonyl (C=O) groups excluding carboxylic acids is 1. The van der Waals surface area contributed by atoms with E-state index in [2.05, 4.69) is 6.92 Å². The molecule has 2 fully saturated rings. The van der Waals surface area contributed by atoms with Crippen LogP contribution in [-0.4, -0.2) is 33.5 Å². The maximum Gasteiger partial charge on any atom is 0.308 e. The zero-order valence-electron chi connectivity index (χ0n) is 10.8. The van der Waals surface area contributed by atoms with Crippen LogP contribution >= 0.6 is 0 Å². The number of carboxylic acids is 1. The third-order valence-electron chi connectivity index (χ3n) is 4.60. The largest absolute Gasteiger partial charge is 0.481 e. The third-order valence-corrected chi connectivity index (χ3v) is 4.60. The van der Waals surface area contributed by atoms with Crippen molar-refractivity contribution in [1.82, 2.24) is 4.90 Å². The molecule has 3 atom stereocenters. The molecular weight excluding hydrogens is 218 g/mol. The molecule has 1 saturated heterocycles. The average molecular weight is 239 g/mol. The highest BCUT2D eigenvalue weighted by molar-refractivity contribution is 5.82. The Morgan fingerprint density at radius 2 is 2.00 bits per heavy atom. The molecule has 0 radical (unpaired) electrons. The quantitative estimate of drug-likeness (QED) is 0.800. The van der Waals surface area contributed by atoms with Crippen molar-refractivity contribution in [3.63, 3.8) is 0 Å². The van der Waals surface area contributed by atoms with Crippen molar-refractivity contribution in [1.29, 1.82) is 0 Å². The Labute approximate surface area is 102 Å². The number of hydrogen-bond acceptors (Lipinski definition) is 2. The number of carboxylic acid groups (broad SMARTS) is 1. The first kappa shape index (κ1) is 12.4. The van der Waals surface area contributed by atoms with Gasteiger partial charge in [-0.1, -0.05) is 6.92 Å². The molecule has 0 aromatic rings. The van der Waals surface area contributed by atoms with Gasteiger partial charge >= 0.3 is 5.97 Å². The van der Waals surface area contributed by atoms with Gasteiger partial charge in [-0.25, -0.2) is 0 Å². The van der Waals surface area contributed by atoms with Gasteiger partial charge < -0.3 is 10.0 Å². The van der Waals surface area contributed by atoms with Crippen LogP contribution in [0.5, 0.6) is 0 Å². The van der Waals surface area contributed by atoms with Gasteiger partial charge in [0.05, 0.1) is 5.92 Å². The predicted molar refractivity (Wildman–Crippen MR) is 63.5 cm³/mol. The summed E-state index contributed by atoms with van der Waals surface area (Å²) in [6.45, 7) is 5.84. The van der Waals surface area contributed by atoms with Gasteiger partial charge in [-0.2, -0.15) is 0 Å². The summed E-state index contributed by atoms with van der Waals surface area (Å²) < 4.78 is 0. The number of nitrogens with zero attached hydrogens (tertiary/aromatic N) is 1. The summed E-state index contributed by atoms with van der Waals surface area (Å²) in [6.07, 6.45) is 3.52. The van der Waals surface area contributed by atoms with Gasteiger partial charge in [-0.15, -0.1) is 0 Å². The topological polar surface area (TPSA) is 57.6 Å². The van der Waals surface area contributed by atoms with Crippen LogP contribution in [0, 0.1) is 11.8 Å². The molecule has 4 heteroatoms. The second-order valence-corrected chi connectivity index (χ2v) is 5.90. The number of likely N-dealkylation sites (tertiary alicyclic amines) is 1. The molecule has 2 rings (SSSR count). The minimum Gasteiger partial charge on any atom is -0.481 e. The van der Waals surface area contributed by atoms with Gasteiger partial charge in [0, 0.05) is 18.0 Å².